The van der Waals surface area contributed by atoms with Crippen molar-refractivity contribution in [1.82, 2.24) is 10.2 Å². The van der Waals surface area contributed by atoms with Gasteiger partial charge in [-0.15, -0.1) is 0 Å². The van der Waals surface area contributed by atoms with Gasteiger partial charge in [0.2, 0.25) is 10.0 Å². The Morgan fingerprint density at radius 2 is 1.89 bits per heavy atom. The van der Waals surface area contributed by atoms with Gasteiger partial charge in [-0.1, -0.05) is 48.0 Å². The maximum atomic E-state index is 12.8. The third-order valence-corrected chi connectivity index (χ3v) is 6.71. The smallest absolute Gasteiger partial charge is 0.236 e. The molecular formula is C21H28N4O2S. The van der Waals surface area contributed by atoms with E-state index >= 15 is 0 Å². The largest absolute Gasteiger partial charge is 0.355 e. The zero-order valence-electron chi connectivity index (χ0n) is 16.7. The monoisotopic (exact) mass is 400 g/mol. The predicted molar refractivity (Wildman–Crippen MR) is 115 cm³/mol. The molecule has 0 atom stereocenters. The molecule has 0 spiro atoms. The molecular weight excluding hydrogens is 372 g/mol. The van der Waals surface area contributed by atoms with Gasteiger partial charge in [0.05, 0.1) is 11.4 Å². The summed E-state index contributed by atoms with van der Waals surface area (Å²) in [6.45, 7) is 3.59. The van der Waals surface area contributed by atoms with E-state index in [2.05, 4.69) is 41.5 Å². The summed E-state index contributed by atoms with van der Waals surface area (Å²) in [4.78, 5) is 6.27. The van der Waals surface area contributed by atoms with Crippen LogP contribution >= 0.6 is 0 Å². The zero-order chi connectivity index (χ0) is 20.1. The summed E-state index contributed by atoms with van der Waals surface area (Å²) >= 11 is 0. The van der Waals surface area contributed by atoms with E-state index in [-0.39, 0.29) is 5.75 Å². The molecule has 0 radical (unpaired) electrons. The Morgan fingerprint density at radius 1 is 1.18 bits per heavy atom. The number of para-hydroxylation sites is 1. The number of nitrogens with zero attached hydrogens (tertiary/aromatic N) is 3. The number of guanidine groups is 1. The van der Waals surface area contributed by atoms with Crippen molar-refractivity contribution in [2.45, 2.75) is 19.9 Å². The predicted octanol–water partition coefficient (Wildman–Crippen LogP) is 2.39. The second kappa shape index (κ2) is 8.65. The standard InChI is InChI=1S/C21H28N4O2S/c1-17-8-10-18(11-9-17)16-24(3)21(22-2)23-13-15-28(26,27)25-14-12-19-6-4-5-7-20(19)25/h4-11H,12-16H2,1-3H3,(H,22,23). The van der Waals surface area contributed by atoms with Gasteiger partial charge in [-0.05, 0) is 30.5 Å². The van der Waals surface area contributed by atoms with Crippen molar-refractivity contribution in [3.05, 3.63) is 65.2 Å². The first-order valence-electron chi connectivity index (χ1n) is 9.46. The Labute approximate surface area is 167 Å². The number of aliphatic imine (C=N–C) groups is 1. The summed E-state index contributed by atoms with van der Waals surface area (Å²) in [5, 5.41) is 3.17. The van der Waals surface area contributed by atoms with Gasteiger partial charge in [-0.25, -0.2) is 8.42 Å². The van der Waals surface area contributed by atoms with Gasteiger partial charge < -0.3 is 10.2 Å². The van der Waals surface area contributed by atoms with Gasteiger partial charge in [0, 0.05) is 33.7 Å². The Hall–Kier alpha value is -2.54. The van der Waals surface area contributed by atoms with Crippen LogP contribution in [0, 0.1) is 6.92 Å². The first-order chi connectivity index (χ1) is 13.4. The number of fused-ring (bicyclic) bond motifs is 1. The third-order valence-electron chi connectivity index (χ3n) is 4.94. The number of hydrogen-bond donors (Lipinski definition) is 1. The van der Waals surface area contributed by atoms with Crippen LogP contribution in [0.2, 0.25) is 0 Å². The Kier molecular flexibility index (Phi) is 6.24. The van der Waals surface area contributed by atoms with E-state index in [1.165, 1.54) is 15.4 Å². The molecule has 0 aliphatic carbocycles. The molecule has 2 aromatic carbocycles. The van der Waals surface area contributed by atoms with E-state index in [9.17, 15) is 8.42 Å². The molecule has 0 unspecified atom stereocenters. The minimum atomic E-state index is -3.37. The van der Waals surface area contributed by atoms with E-state index in [4.69, 9.17) is 0 Å². The van der Waals surface area contributed by atoms with Crippen LogP contribution in [0.3, 0.4) is 0 Å². The highest BCUT2D eigenvalue weighted by atomic mass is 32.2. The SMILES string of the molecule is CN=C(NCCS(=O)(=O)N1CCc2ccccc21)N(C)Cc1ccc(C)cc1. The summed E-state index contributed by atoms with van der Waals surface area (Å²) in [7, 11) is 0.283. The van der Waals surface area contributed by atoms with Crippen molar-refractivity contribution in [3.8, 4) is 0 Å². The second-order valence-electron chi connectivity index (χ2n) is 7.08. The summed E-state index contributed by atoms with van der Waals surface area (Å²) < 4.78 is 27.1. The third kappa shape index (κ3) is 4.65. The van der Waals surface area contributed by atoms with Crippen LogP contribution in [0.5, 0.6) is 0 Å². The molecule has 3 rings (SSSR count). The number of nitrogens with one attached hydrogen (secondary N) is 1. The van der Waals surface area contributed by atoms with E-state index in [1.807, 2.05) is 36.2 Å². The molecule has 6 nitrogen and oxygen atoms in total. The van der Waals surface area contributed by atoms with Gasteiger partial charge in [0.15, 0.2) is 5.96 Å². The zero-order valence-corrected chi connectivity index (χ0v) is 17.5. The molecule has 0 saturated heterocycles. The molecule has 2 aromatic rings. The van der Waals surface area contributed by atoms with Crippen LogP contribution in [0.15, 0.2) is 53.5 Å². The molecule has 1 aliphatic rings. The number of hydrogen-bond acceptors (Lipinski definition) is 3. The molecule has 0 amide bonds. The molecule has 28 heavy (non-hydrogen) atoms. The van der Waals surface area contributed by atoms with Crippen LogP contribution in [0.1, 0.15) is 16.7 Å². The van der Waals surface area contributed by atoms with Crippen LogP contribution < -0.4 is 9.62 Å². The fourth-order valence-electron chi connectivity index (χ4n) is 3.43. The lowest BCUT2D eigenvalue weighted by molar-refractivity contribution is 0.478. The lowest BCUT2D eigenvalue weighted by Gasteiger charge is -2.23. The number of sulfonamides is 1. The average molecular weight is 401 g/mol. The van der Waals surface area contributed by atoms with Crippen molar-refractivity contribution in [2.24, 2.45) is 4.99 Å². The molecule has 150 valence electrons. The highest BCUT2D eigenvalue weighted by molar-refractivity contribution is 7.92. The van der Waals surface area contributed by atoms with Gasteiger partial charge in [-0.3, -0.25) is 9.30 Å². The fraction of sp³-hybridized carbons (Fsp3) is 0.381. The van der Waals surface area contributed by atoms with Crippen LogP contribution in [0.4, 0.5) is 5.69 Å². The highest BCUT2D eigenvalue weighted by Gasteiger charge is 2.28. The Bertz CT molecular complexity index is 939. The van der Waals surface area contributed by atoms with E-state index in [0.29, 0.717) is 25.6 Å². The molecule has 0 aromatic heterocycles. The quantitative estimate of drug-likeness (QED) is 0.597. The van der Waals surface area contributed by atoms with Crippen molar-refractivity contribution in [3.63, 3.8) is 0 Å². The number of rotatable bonds is 6. The summed E-state index contributed by atoms with van der Waals surface area (Å²) in [5.41, 5.74) is 4.30. The molecule has 7 heteroatoms. The van der Waals surface area contributed by atoms with Gasteiger partial charge in [0.1, 0.15) is 0 Å². The number of aryl methyl sites for hydroxylation is 1. The lowest BCUT2D eigenvalue weighted by atomic mass is 10.1. The van der Waals surface area contributed by atoms with Crippen LogP contribution in [-0.4, -0.2) is 52.2 Å². The summed E-state index contributed by atoms with van der Waals surface area (Å²) in [5.74, 6) is 0.705. The fourth-order valence-corrected chi connectivity index (χ4v) is 4.85. The van der Waals surface area contributed by atoms with E-state index in [0.717, 1.165) is 17.7 Å². The molecule has 1 aliphatic heterocycles. The van der Waals surface area contributed by atoms with E-state index < -0.39 is 10.0 Å². The van der Waals surface area contributed by atoms with Gasteiger partial charge in [-0.2, -0.15) is 0 Å². The highest BCUT2D eigenvalue weighted by Crippen LogP contribution is 2.29. The maximum Gasteiger partial charge on any atom is 0.236 e. The minimum Gasteiger partial charge on any atom is -0.355 e. The summed E-state index contributed by atoms with van der Waals surface area (Å²) in [6, 6.07) is 16.0. The summed E-state index contributed by atoms with van der Waals surface area (Å²) in [6.07, 6.45) is 0.768. The number of benzene rings is 2. The minimum absolute atomic E-state index is 0.0265. The average Bonchev–Trinajstić information content (AvgIpc) is 3.12. The molecule has 1 N–H and O–H groups in total. The first kappa shape index (κ1) is 20.2. The lowest BCUT2D eigenvalue weighted by Crippen LogP contribution is -2.42. The molecule has 0 saturated carbocycles. The Balaban J connectivity index is 1.56. The molecule has 1 heterocycles. The van der Waals surface area contributed by atoms with Gasteiger partial charge >= 0.3 is 0 Å². The van der Waals surface area contributed by atoms with Gasteiger partial charge in [0.25, 0.3) is 0 Å². The Morgan fingerprint density at radius 3 is 2.61 bits per heavy atom. The van der Waals surface area contributed by atoms with E-state index in [1.54, 1.807) is 7.05 Å². The van der Waals surface area contributed by atoms with Crippen molar-refractivity contribution < 1.29 is 8.42 Å². The first-order valence-corrected chi connectivity index (χ1v) is 11.1. The van der Waals surface area contributed by atoms with Crippen LogP contribution in [-0.2, 0) is 23.0 Å². The maximum absolute atomic E-state index is 12.8. The second-order valence-corrected chi connectivity index (χ2v) is 9.10. The topological polar surface area (TPSA) is 65.0 Å². The van der Waals surface area contributed by atoms with Crippen molar-refractivity contribution >= 4 is 21.7 Å². The molecule has 0 fully saturated rings. The van der Waals surface area contributed by atoms with Crippen molar-refractivity contribution in [2.75, 3.05) is 37.2 Å². The van der Waals surface area contributed by atoms with Crippen molar-refractivity contribution in [1.29, 1.82) is 0 Å². The number of anilines is 1. The normalized spacial score (nSPS) is 14.1. The van der Waals surface area contributed by atoms with Crippen LogP contribution in [0.25, 0.3) is 0 Å². The molecule has 0 bridgehead atoms.